The molecule has 0 aliphatic rings. The molecule has 2 aromatic heterocycles. The second-order valence-electron chi connectivity index (χ2n) is 4.75. The van der Waals surface area contributed by atoms with E-state index in [9.17, 15) is 4.79 Å². The molecule has 0 unspecified atom stereocenters. The highest BCUT2D eigenvalue weighted by Gasteiger charge is 2.10. The number of rotatable bonds is 3. The third-order valence-electron chi connectivity index (χ3n) is 3.55. The van der Waals surface area contributed by atoms with Gasteiger partial charge in [-0.2, -0.15) is 5.10 Å². The van der Waals surface area contributed by atoms with Crippen LogP contribution in [0.2, 0.25) is 0 Å². The number of para-hydroxylation sites is 1. The van der Waals surface area contributed by atoms with Crippen LogP contribution in [0.5, 0.6) is 0 Å². The standard InChI is InChI=1S/C16H15N3O2/c1-11-13(12-6-3-4-7-14(12)19(11)2)10-17-18-16(20)15-8-5-9-21-15/h3-10H,1-2H3,(H,18,20)/b17-10-. The molecule has 5 heteroatoms. The molecule has 0 bridgehead atoms. The van der Waals surface area contributed by atoms with Crippen LogP contribution in [-0.4, -0.2) is 16.7 Å². The number of nitrogens with zero attached hydrogens (tertiary/aromatic N) is 2. The second kappa shape index (κ2) is 5.28. The van der Waals surface area contributed by atoms with Crippen LogP contribution in [0.25, 0.3) is 10.9 Å². The molecule has 106 valence electrons. The monoisotopic (exact) mass is 281 g/mol. The van der Waals surface area contributed by atoms with Crippen molar-refractivity contribution in [2.45, 2.75) is 6.92 Å². The van der Waals surface area contributed by atoms with E-state index in [4.69, 9.17) is 4.42 Å². The van der Waals surface area contributed by atoms with E-state index < -0.39 is 0 Å². The number of carbonyl (C=O) groups is 1. The number of aryl methyl sites for hydroxylation is 1. The smallest absolute Gasteiger partial charge is 0.307 e. The molecule has 1 aromatic carbocycles. The lowest BCUT2D eigenvalue weighted by Gasteiger charge is -1.98. The quantitative estimate of drug-likeness (QED) is 0.593. The largest absolute Gasteiger partial charge is 0.459 e. The van der Waals surface area contributed by atoms with Gasteiger partial charge in [-0.05, 0) is 25.1 Å². The number of amides is 1. The van der Waals surface area contributed by atoms with Gasteiger partial charge in [0.25, 0.3) is 0 Å². The van der Waals surface area contributed by atoms with Gasteiger partial charge < -0.3 is 8.98 Å². The number of furan rings is 1. The molecule has 3 rings (SSSR count). The fourth-order valence-electron chi connectivity index (χ4n) is 2.33. The summed E-state index contributed by atoms with van der Waals surface area (Å²) < 4.78 is 7.11. The SMILES string of the molecule is Cc1c(/C=N\NC(=O)c2ccco2)c2ccccc2n1C. The number of benzene rings is 1. The highest BCUT2D eigenvalue weighted by atomic mass is 16.3. The predicted molar refractivity (Wildman–Crippen MR) is 81.4 cm³/mol. The topological polar surface area (TPSA) is 59.5 Å². The minimum atomic E-state index is -0.367. The Kier molecular flexibility index (Phi) is 3.31. The minimum Gasteiger partial charge on any atom is -0.459 e. The van der Waals surface area contributed by atoms with Crippen LogP contribution in [0.4, 0.5) is 0 Å². The summed E-state index contributed by atoms with van der Waals surface area (Å²) >= 11 is 0. The van der Waals surface area contributed by atoms with Gasteiger partial charge in [-0.25, -0.2) is 5.43 Å². The Hall–Kier alpha value is -2.82. The molecular weight excluding hydrogens is 266 g/mol. The van der Waals surface area contributed by atoms with Gasteiger partial charge in [-0.1, -0.05) is 18.2 Å². The van der Waals surface area contributed by atoms with E-state index in [1.54, 1.807) is 18.3 Å². The summed E-state index contributed by atoms with van der Waals surface area (Å²) in [5.41, 5.74) is 5.68. The van der Waals surface area contributed by atoms with Crippen molar-refractivity contribution in [2.24, 2.45) is 12.1 Å². The molecule has 2 heterocycles. The van der Waals surface area contributed by atoms with Crippen molar-refractivity contribution in [3.8, 4) is 0 Å². The number of hydrogen-bond donors (Lipinski definition) is 1. The lowest BCUT2D eigenvalue weighted by atomic mass is 10.1. The van der Waals surface area contributed by atoms with Gasteiger partial charge in [0, 0.05) is 29.2 Å². The molecule has 0 saturated carbocycles. The lowest BCUT2D eigenvalue weighted by Crippen LogP contribution is -2.16. The maximum absolute atomic E-state index is 11.7. The molecule has 1 amide bonds. The molecule has 0 saturated heterocycles. The zero-order valence-corrected chi connectivity index (χ0v) is 11.8. The highest BCUT2D eigenvalue weighted by Crippen LogP contribution is 2.22. The third kappa shape index (κ3) is 2.33. The molecule has 5 nitrogen and oxygen atoms in total. The number of fused-ring (bicyclic) bond motifs is 1. The Bertz CT molecular complexity index is 814. The molecule has 0 aliphatic carbocycles. The number of aromatic nitrogens is 1. The fraction of sp³-hybridized carbons (Fsp3) is 0.125. The molecule has 0 radical (unpaired) electrons. The predicted octanol–water partition coefficient (Wildman–Crippen LogP) is 2.84. The summed E-state index contributed by atoms with van der Waals surface area (Å²) in [7, 11) is 2.01. The Morgan fingerprint density at radius 1 is 1.29 bits per heavy atom. The van der Waals surface area contributed by atoms with Crippen molar-refractivity contribution in [2.75, 3.05) is 0 Å². The summed E-state index contributed by atoms with van der Waals surface area (Å²) in [6, 6.07) is 11.3. The Morgan fingerprint density at radius 3 is 2.86 bits per heavy atom. The average Bonchev–Trinajstić information content (AvgIpc) is 3.11. The van der Waals surface area contributed by atoms with Crippen LogP contribution in [0, 0.1) is 6.92 Å². The van der Waals surface area contributed by atoms with Crippen LogP contribution in [0.1, 0.15) is 21.8 Å². The third-order valence-corrected chi connectivity index (χ3v) is 3.55. The summed E-state index contributed by atoms with van der Waals surface area (Å²) in [4.78, 5) is 11.7. The van der Waals surface area contributed by atoms with Crippen molar-refractivity contribution < 1.29 is 9.21 Å². The fourth-order valence-corrected chi connectivity index (χ4v) is 2.33. The molecule has 0 fully saturated rings. The number of hydrogen-bond acceptors (Lipinski definition) is 3. The second-order valence-corrected chi connectivity index (χ2v) is 4.75. The highest BCUT2D eigenvalue weighted by molar-refractivity contribution is 6.01. The van der Waals surface area contributed by atoms with Crippen LogP contribution < -0.4 is 5.43 Å². The Morgan fingerprint density at radius 2 is 2.10 bits per heavy atom. The van der Waals surface area contributed by atoms with Crippen molar-refractivity contribution >= 4 is 23.0 Å². The van der Waals surface area contributed by atoms with Gasteiger partial charge in [0.05, 0.1) is 12.5 Å². The summed E-state index contributed by atoms with van der Waals surface area (Å²) in [5.74, 6) is -0.129. The Balaban J connectivity index is 1.87. The minimum absolute atomic E-state index is 0.238. The van der Waals surface area contributed by atoms with E-state index >= 15 is 0 Å². The number of hydrazone groups is 1. The van der Waals surface area contributed by atoms with E-state index in [1.165, 1.54) is 6.26 Å². The summed E-state index contributed by atoms with van der Waals surface area (Å²) in [6.07, 6.45) is 3.12. The van der Waals surface area contributed by atoms with Crippen LogP contribution in [-0.2, 0) is 7.05 Å². The first-order valence-electron chi connectivity index (χ1n) is 6.59. The van der Waals surface area contributed by atoms with Crippen molar-refractivity contribution in [3.63, 3.8) is 0 Å². The number of carbonyl (C=O) groups excluding carboxylic acids is 1. The van der Waals surface area contributed by atoms with Gasteiger partial charge in [-0.3, -0.25) is 4.79 Å². The van der Waals surface area contributed by atoms with Gasteiger partial charge in [0.2, 0.25) is 0 Å². The van der Waals surface area contributed by atoms with Crippen LogP contribution in [0.15, 0.2) is 52.2 Å². The first-order chi connectivity index (χ1) is 10.2. The van der Waals surface area contributed by atoms with Crippen molar-refractivity contribution in [1.29, 1.82) is 0 Å². The maximum Gasteiger partial charge on any atom is 0.307 e. The van der Waals surface area contributed by atoms with E-state index in [0.717, 1.165) is 22.2 Å². The zero-order valence-electron chi connectivity index (χ0n) is 11.8. The van der Waals surface area contributed by atoms with E-state index in [1.807, 2.05) is 32.2 Å². The first-order valence-corrected chi connectivity index (χ1v) is 6.59. The van der Waals surface area contributed by atoms with Gasteiger partial charge in [0.1, 0.15) is 0 Å². The molecule has 0 atom stereocenters. The summed E-state index contributed by atoms with van der Waals surface area (Å²) in [5, 5.41) is 5.13. The number of nitrogens with one attached hydrogen (secondary N) is 1. The van der Waals surface area contributed by atoms with Crippen molar-refractivity contribution in [1.82, 2.24) is 9.99 Å². The Labute approximate surface area is 121 Å². The van der Waals surface area contributed by atoms with Crippen LogP contribution >= 0.6 is 0 Å². The van der Waals surface area contributed by atoms with E-state index in [0.29, 0.717) is 0 Å². The zero-order chi connectivity index (χ0) is 14.8. The van der Waals surface area contributed by atoms with Gasteiger partial charge >= 0.3 is 5.91 Å². The lowest BCUT2D eigenvalue weighted by molar-refractivity contribution is 0.0927. The van der Waals surface area contributed by atoms with E-state index in [-0.39, 0.29) is 11.7 Å². The molecule has 1 N–H and O–H groups in total. The van der Waals surface area contributed by atoms with Crippen LogP contribution in [0.3, 0.4) is 0 Å². The van der Waals surface area contributed by atoms with E-state index in [2.05, 4.69) is 21.2 Å². The van der Waals surface area contributed by atoms with Gasteiger partial charge in [0.15, 0.2) is 5.76 Å². The molecular formula is C16H15N3O2. The molecule has 0 aliphatic heterocycles. The van der Waals surface area contributed by atoms with Gasteiger partial charge in [-0.15, -0.1) is 0 Å². The molecule has 3 aromatic rings. The summed E-state index contributed by atoms with van der Waals surface area (Å²) in [6.45, 7) is 2.02. The molecule has 21 heavy (non-hydrogen) atoms. The average molecular weight is 281 g/mol. The van der Waals surface area contributed by atoms with Crippen molar-refractivity contribution in [3.05, 3.63) is 59.7 Å². The molecule has 0 spiro atoms. The first kappa shape index (κ1) is 13.2. The maximum atomic E-state index is 11.7. The normalized spacial score (nSPS) is 11.3.